The fourth-order valence-electron chi connectivity index (χ4n) is 2.02. The van der Waals surface area contributed by atoms with Gasteiger partial charge >= 0.3 is 5.97 Å². The van der Waals surface area contributed by atoms with Gasteiger partial charge in [-0.25, -0.2) is 0 Å². The minimum absolute atomic E-state index is 0.00636. The molecule has 0 aromatic heterocycles. The minimum atomic E-state index is -0.890. The van der Waals surface area contributed by atoms with Crippen LogP contribution in [0.1, 0.15) is 39.0 Å². The summed E-state index contributed by atoms with van der Waals surface area (Å²) in [7, 11) is 0. The molecule has 0 bridgehead atoms. The first-order chi connectivity index (χ1) is 8.49. The Hall–Kier alpha value is -1.59. The molecule has 0 aromatic carbocycles. The molecular weight excluding hydrogens is 236 g/mol. The second-order valence-corrected chi connectivity index (χ2v) is 4.66. The van der Waals surface area contributed by atoms with E-state index in [4.69, 9.17) is 5.11 Å². The van der Waals surface area contributed by atoms with E-state index in [1.807, 2.05) is 6.92 Å². The third kappa shape index (κ3) is 5.16. The van der Waals surface area contributed by atoms with Gasteiger partial charge in [-0.3, -0.25) is 14.4 Å². The van der Waals surface area contributed by atoms with Gasteiger partial charge in [-0.2, -0.15) is 0 Å². The van der Waals surface area contributed by atoms with Gasteiger partial charge in [0.2, 0.25) is 11.8 Å². The maximum atomic E-state index is 11.5. The number of carbonyl (C=O) groups excluding carboxylic acids is 2. The number of hydrogen-bond donors (Lipinski definition) is 2. The molecular formula is C12H20N2O4. The first-order valence-electron chi connectivity index (χ1n) is 6.28. The third-order valence-corrected chi connectivity index (χ3v) is 2.87. The van der Waals surface area contributed by atoms with Gasteiger partial charge < -0.3 is 15.3 Å². The first kappa shape index (κ1) is 14.5. The van der Waals surface area contributed by atoms with Gasteiger partial charge in [0.1, 0.15) is 0 Å². The highest BCUT2D eigenvalue weighted by atomic mass is 16.4. The maximum Gasteiger partial charge on any atom is 0.303 e. The molecule has 0 spiro atoms. The molecule has 6 heteroatoms. The lowest BCUT2D eigenvalue weighted by atomic mass is 10.2. The number of rotatable bonds is 7. The van der Waals surface area contributed by atoms with Crippen LogP contribution >= 0.6 is 0 Å². The first-order valence-corrected chi connectivity index (χ1v) is 6.28. The van der Waals surface area contributed by atoms with Gasteiger partial charge in [0.15, 0.2) is 0 Å². The fraction of sp³-hybridized carbons (Fsp3) is 0.750. The summed E-state index contributed by atoms with van der Waals surface area (Å²) >= 11 is 0. The normalized spacial score (nSPS) is 16.7. The predicted molar refractivity (Wildman–Crippen MR) is 64.9 cm³/mol. The van der Waals surface area contributed by atoms with Crippen LogP contribution < -0.4 is 5.32 Å². The van der Waals surface area contributed by atoms with Crippen LogP contribution in [0, 0.1) is 0 Å². The van der Waals surface area contributed by atoms with Crippen molar-refractivity contribution in [1.29, 1.82) is 0 Å². The van der Waals surface area contributed by atoms with Crippen LogP contribution in [0.15, 0.2) is 0 Å². The molecule has 1 unspecified atom stereocenters. The van der Waals surface area contributed by atoms with E-state index >= 15 is 0 Å². The van der Waals surface area contributed by atoms with Crippen molar-refractivity contribution in [3.8, 4) is 0 Å². The van der Waals surface area contributed by atoms with Crippen molar-refractivity contribution in [2.75, 3.05) is 13.1 Å². The molecule has 1 fully saturated rings. The van der Waals surface area contributed by atoms with E-state index in [0.29, 0.717) is 19.4 Å². The largest absolute Gasteiger partial charge is 0.481 e. The van der Waals surface area contributed by atoms with Crippen molar-refractivity contribution in [2.45, 2.75) is 45.1 Å². The average Bonchev–Trinajstić information content (AvgIpc) is 2.63. The predicted octanol–water partition coefficient (Wildman–Crippen LogP) is 0.368. The summed E-state index contributed by atoms with van der Waals surface area (Å²) in [6.45, 7) is 3.14. The maximum absolute atomic E-state index is 11.5. The summed E-state index contributed by atoms with van der Waals surface area (Å²) in [5.74, 6) is -0.907. The second-order valence-electron chi connectivity index (χ2n) is 4.66. The van der Waals surface area contributed by atoms with E-state index in [2.05, 4.69) is 5.32 Å². The van der Waals surface area contributed by atoms with Crippen LogP contribution in [0.3, 0.4) is 0 Å². The van der Waals surface area contributed by atoms with E-state index in [1.165, 1.54) is 0 Å². The van der Waals surface area contributed by atoms with E-state index < -0.39 is 5.97 Å². The Bertz CT molecular complexity index is 330. The molecule has 1 heterocycles. The zero-order valence-electron chi connectivity index (χ0n) is 10.6. The summed E-state index contributed by atoms with van der Waals surface area (Å²) in [6.07, 6.45) is 2.05. The number of nitrogens with one attached hydrogen (secondary N) is 1. The van der Waals surface area contributed by atoms with Crippen molar-refractivity contribution < 1.29 is 19.5 Å². The Morgan fingerprint density at radius 3 is 2.72 bits per heavy atom. The highest BCUT2D eigenvalue weighted by Crippen LogP contribution is 2.09. The zero-order valence-corrected chi connectivity index (χ0v) is 10.6. The van der Waals surface area contributed by atoms with Crippen molar-refractivity contribution >= 4 is 17.8 Å². The van der Waals surface area contributed by atoms with Crippen LogP contribution in [-0.4, -0.2) is 46.9 Å². The van der Waals surface area contributed by atoms with Crippen molar-refractivity contribution in [3.63, 3.8) is 0 Å². The Kier molecular flexibility index (Phi) is 5.61. The lowest BCUT2D eigenvalue weighted by molar-refractivity contribution is -0.137. The molecule has 2 N–H and O–H groups in total. The number of likely N-dealkylation sites (tertiary alicyclic amines) is 1. The van der Waals surface area contributed by atoms with Crippen LogP contribution in [0.5, 0.6) is 0 Å². The van der Waals surface area contributed by atoms with E-state index in [0.717, 1.165) is 13.0 Å². The monoisotopic (exact) mass is 256 g/mol. The van der Waals surface area contributed by atoms with Gasteiger partial charge in [0.05, 0.1) is 0 Å². The Morgan fingerprint density at radius 2 is 2.17 bits per heavy atom. The second kappa shape index (κ2) is 6.98. The number of nitrogens with zero attached hydrogens (tertiary/aromatic N) is 1. The quantitative estimate of drug-likeness (QED) is 0.689. The van der Waals surface area contributed by atoms with Crippen LogP contribution in [-0.2, 0) is 14.4 Å². The lowest BCUT2D eigenvalue weighted by Gasteiger charge is -2.21. The zero-order chi connectivity index (χ0) is 13.5. The highest BCUT2D eigenvalue weighted by molar-refractivity contribution is 5.79. The number of aliphatic carboxylic acids is 1. The molecule has 0 radical (unpaired) electrons. The summed E-state index contributed by atoms with van der Waals surface area (Å²) in [5.41, 5.74) is 0. The minimum Gasteiger partial charge on any atom is -0.481 e. The van der Waals surface area contributed by atoms with Crippen molar-refractivity contribution in [1.82, 2.24) is 10.2 Å². The van der Waals surface area contributed by atoms with Gasteiger partial charge in [0, 0.05) is 38.4 Å². The molecule has 0 saturated carbocycles. The number of carbonyl (C=O) groups is 3. The third-order valence-electron chi connectivity index (χ3n) is 2.87. The Balaban J connectivity index is 2.18. The number of hydrogen-bond acceptors (Lipinski definition) is 3. The topological polar surface area (TPSA) is 86.7 Å². The highest BCUT2D eigenvalue weighted by Gasteiger charge is 2.22. The van der Waals surface area contributed by atoms with Crippen LogP contribution in [0.25, 0.3) is 0 Å². The molecule has 1 rings (SSSR count). The number of carboxylic acids is 1. The molecule has 102 valence electrons. The summed E-state index contributed by atoms with van der Waals surface area (Å²) in [4.78, 5) is 34.9. The Morgan fingerprint density at radius 1 is 1.44 bits per heavy atom. The molecule has 18 heavy (non-hydrogen) atoms. The van der Waals surface area contributed by atoms with Crippen molar-refractivity contribution in [3.05, 3.63) is 0 Å². The Labute approximate surface area is 106 Å². The van der Waals surface area contributed by atoms with Crippen LogP contribution in [0.2, 0.25) is 0 Å². The number of amides is 2. The molecule has 1 aliphatic heterocycles. The van der Waals surface area contributed by atoms with Crippen LogP contribution in [0.4, 0.5) is 0 Å². The lowest BCUT2D eigenvalue weighted by Crippen LogP contribution is -2.42. The molecule has 1 aliphatic rings. The average molecular weight is 256 g/mol. The molecule has 0 aliphatic carbocycles. The molecule has 1 saturated heterocycles. The standard InChI is InChI=1S/C12H20N2O4/c1-9(8-14-7-3-5-11(14)16)13-10(15)4-2-6-12(17)18/h9H,2-8H2,1H3,(H,13,15)(H,17,18). The van der Waals surface area contributed by atoms with Crippen molar-refractivity contribution in [2.24, 2.45) is 0 Å². The van der Waals surface area contributed by atoms with E-state index in [-0.39, 0.29) is 30.7 Å². The van der Waals surface area contributed by atoms with Gasteiger partial charge in [-0.05, 0) is 19.8 Å². The smallest absolute Gasteiger partial charge is 0.303 e. The molecule has 6 nitrogen and oxygen atoms in total. The van der Waals surface area contributed by atoms with Gasteiger partial charge in [0.25, 0.3) is 0 Å². The van der Waals surface area contributed by atoms with E-state index in [1.54, 1.807) is 4.90 Å². The summed E-state index contributed by atoms with van der Waals surface area (Å²) in [6, 6.07) is -0.0932. The van der Waals surface area contributed by atoms with Gasteiger partial charge in [-0.15, -0.1) is 0 Å². The molecule has 2 amide bonds. The summed E-state index contributed by atoms with van der Waals surface area (Å²) < 4.78 is 0. The fourth-order valence-corrected chi connectivity index (χ4v) is 2.02. The SMILES string of the molecule is CC(CN1CCCC1=O)NC(=O)CCCC(=O)O. The summed E-state index contributed by atoms with van der Waals surface area (Å²) in [5, 5.41) is 11.2. The van der Waals surface area contributed by atoms with Gasteiger partial charge in [-0.1, -0.05) is 0 Å². The molecule has 1 atom stereocenters. The van der Waals surface area contributed by atoms with E-state index in [9.17, 15) is 14.4 Å². The number of carboxylic acid groups (broad SMARTS) is 1. The molecule has 0 aromatic rings.